The number of halogens is 1. The number of hydrogen-bond donors (Lipinski definition) is 2. The molecule has 3 heterocycles. The van der Waals surface area contributed by atoms with Crippen LogP contribution in [-0.4, -0.2) is 19.6 Å². The van der Waals surface area contributed by atoms with Gasteiger partial charge >= 0.3 is 0 Å². The van der Waals surface area contributed by atoms with Crippen LogP contribution in [0.2, 0.25) is 5.02 Å². The molecular weight excluding hydrogens is 302 g/mol. The zero-order chi connectivity index (χ0) is 16.0. The molecule has 0 saturated heterocycles. The predicted octanol–water partition coefficient (Wildman–Crippen LogP) is 2.85. The fourth-order valence-electron chi connectivity index (χ4n) is 2.54. The van der Waals surface area contributed by atoms with Crippen LogP contribution in [0.25, 0.3) is 16.7 Å². The Morgan fingerprint density at radius 3 is 2.73 bits per heavy atom. The molecule has 7 heteroatoms. The molecule has 0 aliphatic rings. The van der Waals surface area contributed by atoms with E-state index in [0.29, 0.717) is 38.6 Å². The summed E-state index contributed by atoms with van der Waals surface area (Å²) in [6.07, 6.45) is 2.87. The number of aryl methyl sites for hydroxylation is 1. The molecule has 0 radical (unpaired) electrons. The number of nitrogens with zero attached hydrogens (tertiary/aromatic N) is 4. The molecule has 22 heavy (non-hydrogen) atoms. The van der Waals surface area contributed by atoms with Gasteiger partial charge in [-0.25, -0.2) is 4.98 Å². The zero-order valence-electron chi connectivity index (χ0n) is 11.9. The summed E-state index contributed by atoms with van der Waals surface area (Å²) < 4.78 is 1.63. The largest absolute Gasteiger partial charge is 0.506 e. The van der Waals surface area contributed by atoms with Gasteiger partial charge in [0.2, 0.25) is 0 Å². The average molecular weight is 314 g/mol. The highest BCUT2D eigenvalue weighted by Crippen LogP contribution is 2.35. The molecule has 3 N–H and O–H groups in total. The van der Waals surface area contributed by atoms with Crippen LogP contribution >= 0.6 is 11.6 Å². The first-order chi connectivity index (χ1) is 10.5. The van der Waals surface area contributed by atoms with E-state index in [4.69, 9.17) is 17.3 Å². The molecule has 110 valence electrons. The third-order valence-electron chi connectivity index (χ3n) is 3.61. The minimum Gasteiger partial charge on any atom is -0.506 e. The lowest BCUT2D eigenvalue weighted by Crippen LogP contribution is -2.06. The van der Waals surface area contributed by atoms with Gasteiger partial charge in [0.15, 0.2) is 0 Å². The average Bonchev–Trinajstić information content (AvgIpc) is 2.75. The number of hydrogen-bond acceptors (Lipinski definition) is 5. The van der Waals surface area contributed by atoms with Crippen LogP contribution in [-0.2, 0) is 0 Å². The van der Waals surface area contributed by atoms with Gasteiger partial charge in [0.1, 0.15) is 28.8 Å². The van der Waals surface area contributed by atoms with E-state index in [0.717, 1.165) is 0 Å². The maximum absolute atomic E-state index is 9.93. The van der Waals surface area contributed by atoms with Gasteiger partial charge < -0.3 is 10.8 Å². The number of anilines is 1. The second-order valence-corrected chi connectivity index (χ2v) is 5.37. The Balaban J connectivity index is 2.51. The molecule has 0 bridgehead atoms. The van der Waals surface area contributed by atoms with Gasteiger partial charge in [-0.05, 0) is 19.9 Å². The fraction of sp³-hybridized carbons (Fsp3) is 0.133. The second-order valence-electron chi connectivity index (χ2n) is 4.93. The van der Waals surface area contributed by atoms with E-state index < -0.39 is 0 Å². The second kappa shape index (κ2) is 4.90. The monoisotopic (exact) mass is 313 g/mol. The van der Waals surface area contributed by atoms with Crippen molar-refractivity contribution >= 4 is 28.5 Å². The maximum Gasteiger partial charge on any atom is 0.147 e. The number of rotatable bonds is 1. The highest BCUT2D eigenvalue weighted by Gasteiger charge is 2.21. The quantitative estimate of drug-likeness (QED) is 0.719. The predicted molar refractivity (Wildman–Crippen MR) is 84.1 cm³/mol. The minimum atomic E-state index is 0.0503. The Morgan fingerprint density at radius 2 is 2.05 bits per heavy atom. The number of nitriles is 1. The first-order valence-corrected chi connectivity index (χ1v) is 6.84. The smallest absolute Gasteiger partial charge is 0.147 e. The molecule has 0 unspecified atom stereocenters. The SMILES string of the molecule is Cc1ncc(O)c(C)c1-n1c(N)c(C#N)c2cc(Cl)cnc21. The van der Waals surface area contributed by atoms with Crippen molar-refractivity contribution in [3.8, 4) is 17.5 Å². The third kappa shape index (κ3) is 1.87. The molecule has 0 aromatic carbocycles. The molecule has 0 atom stereocenters. The highest BCUT2D eigenvalue weighted by molar-refractivity contribution is 6.31. The third-order valence-corrected chi connectivity index (χ3v) is 3.82. The Labute approximate surface area is 131 Å². The highest BCUT2D eigenvalue weighted by atomic mass is 35.5. The lowest BCUT2D eigenvalue weighted by Gasteiger charge is -2.14. The van der Waals surface area contributed by atoms with Crippen molar-refractivity contribution in [1.29, 1.82) is 5.26 Å². The molecule has 0 aliphatic heterocycles. The lowest BCUT2D eigenvalue weighted by atomic mass is 10.2. The zero-order valence-corrected chi connectivity index (χ0v) is 12.7. The van der Waals surface area contributed by atoms with Crippen molar-refractivity contribution in [2.45, 2.75) is 13.8 Å². The number of fused-ring (bicyclic) bond motifs is 1. The van der Waals surface area contributed by atoms with Crippen LogP contribution in [0.1, 0.15) is 16.8 Å². The van der Waals surface area contributed by atoms with Gasteiger partial charge in [0.05, 0.1) is 22.6 Å². The minimum absolute atomic E-state index is 0.0503. The Bertz CT molecular complexity index is 955. The van der Waals surface area contributed by atoms with E-state index in [-0.39, 0.29) is 11.6 Å². The Hall–Kier alpha value is -2.78. The van der Waals surface area contributed by atoms with Gasteiger partial charge in [0, 0.05) is 17.1 Å². The van der Waals surface area contributed by atoms with Crippen LogP contribution in [0.15, 0.2) is 18.5 Å². The summed E-state index contributed by atoms with van der Waals surface area (Å²) in [5, 5.41) is 20.3. The van der Waals surface area contributed by atoms with E-state index >= 15 is 0 Å². The van der Waals surface area contributed by atoms with Crippen molar-refractivity contribution in [1.82, 2.24) is 14.5 Å². The van der Waals surface area contributed by atoms with Crippen molar-refractivity contribution in [2.75, 3.05) is 5.73 Å². The van der Waals surface area contributed by atoms with Crippen molar-refractivity contribution < 1.29 is 5.11 Å². The first kappa shape index (κ1) is 14.2. The van der Waals surface area contributed by atoms with Crippen molar-refractivity contribution in [3.63, 3.8) is 0 Å². The molecule has 0 saturated carbocycles. The first-order valence-electron chi connectivity index (χ1n) is 6.46. The normalized spacial score (nSPS) is 10.8. The van der Waals surface area contributed by atoms with E-state index in [1.54, 1.807) is 24.5 Å². The lowest BCUT2D eigenvalue weighted by molar-refractivity contribution is 0.467. The van der Waals surface area contributed by atoms with Crippen molar-refractivity contribution in [3.05, 3.63) is 40.3 Å². The Kier molecular flexibility index (Phi) is 3.15. The topological polar surface area (TPSA) is 101 Å². The number of nitrogen functional groups attached to an aromatic ring is 1. The van der Waals surface area contributed by atoms with Gasteiger partial charge in [-0.15, -0.1) is 0 Å². The van der Waals surface area contributed by atoms with Crippen LogP contribution in [0.5, 0.6) is 5.75 Å². The summed E-state index contributed by atoms with van der Waals surface area (Å²) >= 11 is 5.97. The summed E-state index contributed by atoms with van der Waals surface area (Å²) in [6.45, 7) is 3.56. The van der Waals surface area contributed by atoms with Crippen LogP contribution in [0.4, 0.5) is 5.82 Å². The molecule has 0 amide bonds. The molecular formula is C15H12ClN5O. The fourth-order valence-corrected chi connectivity index (χ4v) is 2.70. The molecule has 0 aliphatic carbocycles. The summed E-state index contributed by atoms with van der Waals surface area (Å²) in [4.78, 5) is 8.44. The van der Waals surface area contributed by atoms with Crippen LogP contribution in [0, 0.1) is 25.2 Å². The standard InChI is InChI=1S/C15H12ClN5O/c1-7-12(22)6-19-8(2)13(7)21-14(18)11(4-17)10-3-9(16)5-20-15(10)21/h3,5-6,22H,18H2,1-2H3. The van der Waals surface area contributed by atoms with Gasteiger partial charge in [-0.3, -0.25) is 9.55 Å². The van der Waals surface area contributed by atoms with E-state index in [2.05, 4.69) is 16.0 Å². The molecule has 0 fully saturated rings. The Morgan fingerprint density at radius 1 is 1.32 bits per heavy atom. The summed E-state index contributed by atoms with van der Waals surface area (Å²) in [5.41, 5.74) is 8.83. The maximum atomic E-state index is 9.93. The summed E-state index contributed by atoms with van der Waals surface area (Å²) in [7, 11) is 0. The van der Waals surface area contributed by atoms with Crippen LogP contribution < -0.4 is 5.73 Å². The number of nitrogens with two attached hydrogens (primary N) is 1. The van der Waals surface area contributed by atoms with Gasteiger partial charge in [0.25, 0.3) is 0 Å². The van der Waals surface area contributed by atoms with Gasteiger partial charge in [-0.1, -0.05) is 11.6 Å². The van der Waals surface area contributed by atoms with Crippen molar-refractivity contribution in [2.24, 2.45) is 0 Å². The molecule has 0 spiro atoms. The molecule has 3 aromatic heterocycles. The number of pyridine rings is 2. The van der Waals surface area contributed by atoms with E-state index in [9.17, 15) is 10.4 Å². The van der Waals surface area contributed by atoms with Gasteiger partial charge in [-0.2, -0.15) is 5.26 Å². The molecule has 6 nitrogen and oxygen atoms in total. The van der Waals surface area contributed by atoms with Crippen LogP contribution in [0.3, 0.4) is 0 Å². The molecule has 3 aromatic rings. The summed E-state index contributed by atoms with van der Waals surface area (Å²) in [6, 6.07) is 3.73. The number of aromatic nitrogens is 3. The van der Waals surface area contributed by atoms with E-state index in [1.807, 2.05) is 0 Å². The molecule has 3 rings (SSSR count). The summed E-state index contributed by atoms with van der Waals surface area (Å²) in [5.74, 6) is 0.292. The van der Waals surface area contributed by atoms with E-state index in [1.165, 1.54) is 12.4 Å². The number of aromatic hydroxyl groups is 1.